The Hall–Kier alpha value is -3.55. The molecular weight excluding hydrogens is 363 g/mol. The van der Waals surface area contributed by atoms with Gasteiger partial charge in [-0.15, -0.1) is 0 Å². The fourth-order valence-electron chi connectivity index (χ4n) is 2.77. The lowest BCUT2D eigenvalue weighted by molar-refractivity contribution is -0.121. The number of halogens is 1. The van der Waals surface area contributed by atoms with Gasteiger partial charge >= 0.3 is 0 Å². The van der Waals surface area contributed by atoms with E-state index in [4.69, 9.17) is 0 Å². The molecule has 0 unspecified atom stereocenters. The van der Waals surface area contributed by atoms with Gasteiger partial charge in [0.1, 0.15) is 11.6 Å². The summed E-state index contributed by atoms with van der Waals surface area (Å²) in [7, 11) is 0. The molecule has 0 bridgehead atoms. The molecule has 8 heteroatoms. The lowest BCUT2D eigenvalue weighted by atomic mass is 10.2. The van der Waals surface area contributed by atoms with Gasteiger partial charge in [-0.3, -0.25) is 19.0 Å². The smallest absolute Gasteiger partial charge is 0.266 e. The maximum atomic E-state index is 13.3. The number of carbonyl (C=O) groups is 2. The third kappa shape index (κ3) is 4.40. The van der Waals surface area contributed by atoms with Gasteiger partial charge in [-0.05, 0) is 36.4 Å². The quantitative estimate of drug-likeness (QED) is 0.678. The Labute approximate surface area is 160 Å². The highest BCUT2D eigenvalue weighted by Crippen LogP contribution is 2.13. The van der Waals surface area contributed by atoms with Crippen LogP contribution in [0.4, 0.5) is 4.39 Å². The zero-order chi connectivity index (χ0) is 20.1. The Morgan fingerprint density at radius 1 is 1.07 bits per heavy atom. The summed E-state index contributed by atoms with van der Waals surface area (Å²) in [6, 6.07) is 12.4. The van der Waals surface area contributed by atoms with Crippen molar-refractivity contribution in [2.75, 3.05) is 6.54 Å². The van der Waals surface area contributed by atoms with E-state index in [1.54, 1.807) is 24.3 Å². The standard InChI is InChI=1S/C20H19FN4O3/c1-13(26)22-11-10-19(27)23-12-18-24-17-5-3-2-4-16(17)20(28)25(18)15-8-6-14(21)7-9-15/h2-9H,10-12H2,1H3,(H,22,26)(H,23,27). The number of para-hydroxylation sites is 1. The summed E-state index contributed by atoms with van der Waals surface area (Å²) in [5.41, 5.74) is 0.653. The summed E-state index contributed by atoms with van der Waals surface area (Å²) in [6.07, 6.45) is 0.105. The van der Waals surface area contributed by atoms with Crippen LogP contribution in [0.5, 0.6) is 0 Å². The number of benzene rings is 2. The summed E-state index contributed by atoms with van der Waals surface area (Å²) in [4.78, 5) is 40.4. The van der Waals surface area contributed by atoms with E-state index in [2.05, 4.69) is 15.6 Å². The Kier molecular flexibility index (Phi) is 5.78. The minimum absolute atomic E-state index is 0.0103. The number of amides is 2. The van der Waals surface area contributed by atoms with Crippen LogP contribution in [0.3, 0.4) is 0 Å². The minimum atomic E-state index is -0.418. The van der Waals surface area contributed by atoms with E-state index in [0.29, 0.717) is 22.4 Å². The van der Waals surface area contributed by atoms with Gasteiger partial charge in [-0.2, -0.15) is 0 Å². The molecule has 0 saturated carbocycles. The first-order valence-corrected chi connectivity index (χ1v) is 8.73. The van der Waals surface area contributed by atoms with Crippen molar-refractivity contribution in [2.45, 2.75) is 19.9 Å². The van der Waals surface area contributed by atoms with Gasteiger partial charge in [0.15, 0.2) is 0 Å². The van der Waals surface area contributed by atoms with Crippen LogP contribution >= 0.6 is 0 Å². The molecule has 2 amide bonds. The summed E-state index contributed by atoms with van der Waals surface area (Å²) in [5.74, 6) is -0.600. The fourth-order valence-corrected chi connectivity index (χ4v) is 2.77. The number of hydrogen-bond donors (Lipinski definition) is 2. The second-order valence-electron chi connectivity index (χ2n) is 6.17. The number of carbonyl (C=O) groups excluding carboxylic acids is 2. The monoisotopic (exact) mass is 382 g/mol. The highest BCUT2D eigenvalue weighted by Gasteiger charge is 2.13. The van der Waals surface area contributed by atoms with E-state index in [1.165, 1.54) is 35.8 Å². The average Bonchev–Trinajstić information content (AvgIpc) is 2.67. The number of rotatable bonds is 6. The first-order chi connectivity index (χ1) is 13.5. The van der Waals surface area contributed by atoms with Gasteiger partial charge in [0.05, 0.1) is 23.1 Å². The largest absolute Gasteiger partial charge is 0.356 e. The van der Waals surface area contributed by atoms with Crippen molar-refractivity contribution in [3.63, 3.8) is 0 Å². The molecule has 0 aliphatic heterocycles. The van der Waals surface area contributed by atoms with Crippen molar-refractivity contribution in [3.8, 4) is 5.69 Å². The van der Waals surface area contributed by atoms with Crippen LogP contribution in [0, 0.1) is 5.82 Å². The lowest BCUT2D eigenvalue weighted by Gasteiger charge is -2.14. The topological polar surface area (TPSA) is 93.1 Å². The maximum absolute atomic E-state index is 13.3. The van der Waals surface area contributed by atoms with Crippen LogP contribution in [0.2, 0.25) is 0 Å². The molecule has 0 fully saturated rings. The van der Waals surface area contributed by atoms with Crippen molar-refractivity contribution in [3.05, 3.63) is 70.5 Å². The summed E-state index contributed by atoms with van der Waals surface area (Å²) in [5, 5.41) is 5.67. The van der Waals surface area contributed by atoms with Gasteiger partial charge in [0, 0.05) is 19.9 Å². The number of aromatic nitrogens is 2. The summed E-state index contributed by atoms with van der Waals surface area (Å²) < 4.78 is 14.7. The van der Waals surface area contributed by atoms with Crippen LogP contribution in [0.25, 0.3) is 16.6 Å². The van der Waals surface area contributed by atoms with Crippen molar-refractivity contribution in [1.82, 2.24) is 20.2 Å². The molecule has 3 aromatic rings. The molecule has 0 radical (unpaired) electrons. The molecule has 3 rings (SSSR count). The number of nitrogens with one attached hydrogen (secondary N) is 2. The molecule has 2 N–H and O–H groups in total. The van der Waals surface area contributed by atoms with Crippen LogP contribution in [-0.2, 0) is 16.1 Å². The summed E-state index contributed by atoms with van der Waals surface area (Å²) >= 11 is 0. The van der Waals surface area contributed by atoms with E-state index in [-0.39, 0.29) is 36.9 Å². The molecule has 0 atom stereocenters. The molecular formula is C20H19FN4O3. The van der Waals surface area contributed by atoms with Crippen molar-refractivity contribution in [1.29, 1.82) is 0 Å². The predicted molar refractivity (Wildman–Crippen MR) is 102 cm³/mol. The molecule has 0 spiro atoms. The van der Waals surface area contributed by atoms with Gasteiger partial charge in [-0.1, -0.05) is 12.1 Å². The summed E-state index contributed by atoms with van der Waals surface area (Å²) in [6.45, 7) is 1.60. The number of fused-ring (bicyclic) bond motifs is 1. The van der Waals surface area contributed by atoms with Gasteiger partial charge in [0.2, 0.25) is 11.8 Å². The third-order valence-corrected chi connectivity index (χ3v) is 4.10. The molecule has 0 aliphatic carbocycles. The second kappa shape index (κ2) is 8.43. The van der Waals surface area contributed by atoms with Crippen LogP contribution in [0.15, 0.2) is 53.3 Å². The highest BCUT2D eigenvalue weighted by atomic mass is 19.1. The van der Waals surface area contributed by atoms with E-state index < -0.39 is 5.82 Å². The molecule has 0 saturated heterocycles. The average molecular weight is 382 g/mol. The predicted octanol–water partition coefficient (Wildman–Crippen LogP) is 1.67. The fraction of sp³-hybridized carbons (Fsp3) is 0.200. The molecule has 0 aliphatic rings. The van der Waals surface area contributed by atoms with E-state index >= 15 is 0 Å². The maximum Gasteiger partial charge on any atom is 0.266 e. The molecule has 1 heterocycles. The minimum Gasteiger partial charge on any atom is -0.356 e. The van der Waals surface area contributed by atoms with Gasteiger partial charge in [0.25, 0.3) is 5.56 Å². The Morgan fingerprint density at radius 3 is 2.50 bits per heavy atom. The van der Waals surface area contributed by atoms with E-state index in [0.717, 1.165) is 0 Å². The first-order valence-electron chi connectivity index (χ1n) is 8.73. The number of nitrogens with zero attached hydrogens (tertiary/aromatic N) is 2. The molecule has 2 aromatic carbocycles. The molecule has 144 valence electrons. The SMILES string of the molecule is CC(=O)NCCC(=O)NCc1nc2ccccc2c(=O)n1-c1ccc(F)cc1. The Balaban J connectivity index is 1.92. The normalized spacial score (nSPS) is 10.6. The Morgan fingerprint density at radius 2 is 1.79 bits per heavy atom. The van der Waals surface area contributed by atoms with Crippen LogP contribution in [-0.4, -0.2) is 27.9 Å². The van der Waals surface area contributed by atoms with Gasteiger partial charge in [-0.25, -0.2) is 9.37 Å². The first kappa shape index (κ1) is 19.2. The zero-order valence-electron chi connectivity index (χ0n) is 15.2. The second-order valence-corrected chi connectivity index (χ2v) is 6.17. The van der Waals surface area contributed by atoms with Crippen LogP contribution in [0.1, 0.15) is 19.2 Å². The molecule has 1 aromatic heterocycles. The Bertz CT molecular complexity index is 1080. The van der Waals surface area contributed by atoms with E-state index in [9.17, 15) is 18.8 Å². The molecule has 7 nitrogen and oxygen atoms in total. The molecule has 28 heavy (non-hydrogen) atoms. The lowest BCUT2D eigenvalue weighted by Crippen LogP contribution is -2.32. The third-order valence-electron chi connectivity index (χ3n) is 4.10. The van der Waals surface area contributed by atoms with Crippen LogP contribution < -0.4 is 16.2 Å². The van der Waals surface area contributed by atoms with Crippen molar-refractivity contribution >= 4 is 22.7 Å². The zero-order valence-corrected chi connectivity index (χ0v) is 15.2. The number of hydrogen-bond acceptors (Lipinski definition) is 4. The van der Waals surface area contributed by atoms with E-state index in [1.807, 2.05) is 0 Å². The van der Waals surface area contributed by atoms with Crippen molar-refractivity contribution in [2.24, 2.45) is 0 Å². The van der Waals surface area contributed by atoms with Gasteiger partial charge < -0.3 is 10.6 Å². The highest BCUT2D eigenvalue weighted by molar-refractivity contribution is 5.79. The van der Waals surface area contributed by atoms with Crippen molar-refractivity contribution < 1.29 is 14.0 Å².